The minimum absolute atomic E-state index is 0.0848. The summed E-state index contributed by atoms with van der Waals surface area (Å²) >= 11 is 0. The largest absolute Gasteiger partial charge is 0.480 e. The van der Waals surface area contributed by atoms with Crippen molar-refractivity contribution in [2.24, 2.45) is 0 Å². The Morgan fingerprint density at radius 2 is 1.91 bits per heavy atom. The van der Waals surface area contributed by atoms with E-state index in [-0.39, 0.29) is 30.2 Å². The number of carboxylic acid groups (broad SMARTS) is 1. The minimum atomic E-state index is -3.85. The number of hydrogen-bond donors (Lipinski definition) is 1. The second-order valence-electron chi connectivity index (χ2n) is 5.28. The van der Waals surface area contributed by atoms with Crippen molar-refractivity contribution in [2.75, 3.05) is 32.7 Å². The van der Waals surface area contributed by atoms with Crippen LogP contribution in [0.5, 0.6) is 0 Å². The Morgan fingerprint density at radius 1 is 1.30 bits per heavy atom. The third kappa shape index (κ3) is 3.84. The average Bonchev–Trinajstić information content (AvgIpc) is 2.47. The molecule has 0 aliphatic carbocycles. The fraction of sp³-hybridized carbons (Fsp3) is 0.462. The van der Waals surface area contributed by atoms with Gasteiger partial charge in [-0.2, -0.15) is 4.31 Å². The molecule has 9 nitrogen and oxygen atoms in total. The molecule has 0 saturated carbocycles. The summed E-state index contributed by atoms with van der Waals surface area (Å²) in [6.07, 6.45) is 0. The van der Waals surface area contributed by atoms with Gasteiger partial charge in [0.05, 0.1) is 16.4 Å². The lowest BCUT2D eigenvalue weighted by atomic mass is 10.2. The van der Waals surface area contributed by atoms with Gasteiger partial charge < -0.3 is 5.11 Å². The summed E-state index contributed by atoms with van der Waals surface area (Å²) in [7, 11) is -3.85. The van der Waals surface area contributed by atoms with Crippen LogP contribution < -0.4 is 0 Å². The van der Waals surface area contributed by atoms with Crippen molar-refractivity contribution in [3.05, 3.63) is 33.9 Å². The van der Waals surface area contributed by atoms with Crippen LogP contribution in [0, 0.1) is 17.0 Å². The van der Waals surface area contributed by atoms with Gasteiger partial charge in [-0.15, -0.1) is 0 Å². The molecule has 126 valence electrons. The van der Waals surface area contributed by atoms with Crippen molar-refractivity contribution < 1.29 is 23.2 Å². The number of sulfonamides is 1. The molecule has 2 rings (SSSR count). The minimum Gasteiger partial charge on any atom is -0.480 e. The van der Waals surface area contributed by atoms with Gasteiger partial charge in [0.15, 0.2) is 0 Å². The van der Waals surface area contributed by atoms with Crippen LogP contribution in [0.25, 0.3) is 0 Å². The monoisotopic (exact) mass is 343 g/mol. The van der Waals surface area contributed by atoms with Gasteiger partial charge in [0.25, 0.3) is 5.69 Å². The maximum Gasteiger partial charge on any atom is 0.317 e. The van der Waals surface area contributed by atoms with E-state index in [0.717, 1.165) is 6.07 Å². The molecule has 0 atom stereocenters. The van der Waals surface area contributed by atoms with E-state index < -0.39 is 20.9 Å². The zero-order chi connectivity index (χ0) is 17.2. The Bertz CT molecular complexity index is 725. The number of nitro groups is 1. The second kappa shape index (κ2) is 6.60. The number of carbonyl (C=O) groups is 1. The topological polar surface area (TPSA) is 121 Å². The van der Waals surface area contributed by atoms with Crippen LogP contribution in [0.15, 0.2) is 23.1 Å². The molecule has 1 aromatic rings. The maximum atomic E-state index is 12.7. The first-order valence-electron chi connectivity index (χ1n) is 6.91. The highest BCUT2D eigenvalue weighted by Gasteiger charge is 2.31. The molecule has 0 aromatic heterocycles. The molecule has 1 aliphatic heterocycles. The van der Waals surface area contributed by atoms with E-state index in [4.69, 9.17) is 5.11 Å². The number of nitro benzene ring substituents is 1. The predicted octanol–water partition coefficient (Wildman–Crippen LogP) is 0.294. The molecule has 1 saturated heterocycles. The number of carboxylic acids is 1. The smallest absolute Gasteiger partial charge is 0.317 e. The van der Waals surface area contributed by atoms with Crippen LogP contribution in [0.2, 0.25) is 0 Å². The summed E-state index contributed by atoms with van der Waals surface area (Å²) in [6, 6.07) is 3.74. The Balaban J connectivity index is 2.21. The fourth-order valence-corrected chi connectivity index (χ4v) is 4.11. The van der Waals surface area contributed by atoms with E-state index in [1.807, 2.05) is 0 Å². The number of non-ortho nitro benzene ring substituents is 1. The normalized spacial score (nSPS) is 17.1. The standard InChI is InChI=1S/C13H17N3O6S/c1-10-2-3-11(16(19)20)8-12(10)23(21,22)15-6-4-14(5-7-15)9-13(17)18/h2-3,8H,4-7,9H2,1H3,(H,17,18). The van der Waals surface area contributed by atoms with E-state index in [1.54, 1.807) is 11.8 Å². The molecule has 0 radical (unpaired) electrons. The van der Waals surface area contributed by atoms with Crippen molar-refractivity contribution >= 4 is 21.7 Å². The van der Waals surface area contributed by atoms with Gasteiger partial charge in [-0.05, 0) is 12.5 Å². The molecule has 1 heterocycles. The molecule has 0 bridgehead atoms. The van der Waals surface area contributed by atoms with Crippen LogP contribution in [0.3, 0.4) is 0 Å². The van der Waals surface area contributed by atoms with Crippen molar-refractivity contribution in [3.63, 3.8) is 0 Å². The molecule has 0 amide bonds. The Hall–Kier alpha value is -2.04. The van der Waals surface area contributed by atoms with Crippen LogP contribution in [0.4, 0.5) is 5.69 Å². The van der Waals surface area contributed by atoms with Gasteiger partial charge in [0.2, 0.25) is 10.0 Å². The molecule has 1 fully saturated rings. The molecular formula is C13H17N3O6S. The van der Waals surface area contributed by atoms with Crippen molar-refractivity contribution in [1.29, 1.82) is 0 Å². The summed E-state index contributed by atoms with van der Waals surface area (Å²) in [5, 5.41) is 19.6. The molecule has 1 aliphatic rings. The first kappa shape index (κ1) is 17.3. The summed E-state index contributed by atoms with van der Waals surface area (Å²) in [5.74, 6) is -0.962. The van der Waals surface area contributed by atoms with Crippen LogP contribution in [-0.4, -0.2) is 66.3 Å². The highest BCUT2D eigenvalue weighted by molar-refractivity contribution is 7.89. The van der Waals surface area contributed by atoms with Crippen molar-refractivity contribution in [3.8, 4) is 0 Å². The van der Waals surface area contributed by atoms with Gasteiger partial charge >= 0.3 is 5.97 Å². The molecular weight excluding hydrogens is 326 g/mol. The van der Waals surface area contributed by atoms with E-state index in [0.29, 0.717) is 18.7 Å². The number of rotatable bonds is 5. The third-order valence-electron chi connectivity index (χ3n) is 3.69. The van der Waals surface area contributed by atoms with Gasteiger partial charge in [-0.25, -0.2) is 8.42 Å². The number of nitrogens with zero attached hydrogens (tertiary/aromatic N) is 3. The van der Waals surface area contributed by atoms with Gasteiger partial charge in [-0.1, -0.05) is 6.07 Å². The maximum absolute atomic E-state index is 12.7. The summed E-state index contributed by atoms with van der Waals surface area (Å²) in [4.78, 5) is 22.5. The lowest BCUT2D eigenvalue weighted by molar-refractivity contribution is -0.385. The Morgan fingerprint density at radius 3 is 2.43 bits per heavy atom. The summed E-state index contributed by atoms with van der Waals surface area (Å²) < 4.78 is 26.6. The number of aryl methyl sites for hydroxylation is 1. The zero-order valence-electron chi connectivity index (χ0n) is 12.5. The van der Waals surface area contributed by atoms with Crippen LogP contribution >= 0.6 is 0 Å². The van der Waals surface area contributed by atoms with Crippen LogP contribution in [0.1, 0.15) is 5.56 Å². The number of aliphatic carboxylic acids is 1. The third-order valence-corrected chi connectivity index (χ3v) is 5.73. The van der Waals surface area contributed by atoms with E-state index in [2.05, 4.69) is 0 Å². The molecule has 1 N–H and O–H groups in total. The second-order valence-corrected chi connectivity index (χ2v) is 7.19. The van der Waals surface area contributed by atoms with Gasteiger partial charge in [-0.3, -0.25) is 19.8 Å². The van der Waals surface area contributed by atoms with Crippen LogP contribution in [-0.2, 0) is 14.8 Å². The highest BCUT2D eigenvalue weighted by Crippen LogP contribution is 2.25. The fourth-order valence-electron chi connectivity index (χ4n) is 2.44. The summed E-state index contributed by atoms with van der Waals surface area (Å²) in [6.45, 7) is 2.36. The lowest BCUT2D eigenvalue weighted by Gasteiger charge is -2.33. The van der Waals surface area contributed by atoms with Gasteiger partial charge in [0, 0.05) is 38.3 Å². The van der Waals surface area contributed by atoms with Crippen molar-refractivity contribution in [2.45, 2.75) is 11.8 Å². The highest BCUT2D eigenvalue weighted by atomic mass is 32.2. The molecule has 0 spiro atoms. The number of benzene rings is 1. The lowest BCUT2D eigenvalue weighted by Crippen LogP contribution is -2.49. The molecule has 10 heteroatoms. The average molecular weight is 343 g/mol. The van der Waals surface area contributed by atoms with E-state index >= 15 is 0 Å². The first-order valence-corrected chi connectivity index (χ1v) is 8.35. The number of hydrogen-bond acceptors (Lipinski definition) is 6. The SMILES string of the molecule is Cc1ccc([N+](=O)[O-])cc1S(=O)(=O)N1CCN(CC(=O)O)CC1. The molecule has 1 aromatic carbocycles. The predicted molar refractivity (Wildman–Crippen MR) is 80.7 cm³/mol. The summed E-state index contributed by atoms with van der Waals surface area (Å²) in [5.41, 5.74) is 0.155. The number of piperazine rings is 1. The first-order chi connectivity index (χ1) is 10.7. The van der Waals surface area contributed by atoms with E-state index in [9.17, 15) is 23.3 Å². The van der Waals surface area contributed by atoms with E-state index in [1.165, 1.54) is 16.4 Å². The quantitative estimate of drug-likeness (QED) is 0.602. The Labute approximate surface area is 133 Å². The molecule has 23 heavy (non-hydrogen) atoms. The molecule has 0 unspecified atom stereocenters. The Kier molecular flexibility index (Phi) is 4.97. The zero-order valence-corrected chi connectivity index (χ0v) is 13.3. The van der Waals surface area contributed by atoms with Gasteiger partial charge in [0.1, 0.15) is 0 Å². The van der Waals surface area contributed by atoms with Crippen molar-refractivity contribution in [1.82, 2.24) is 9.21 Å².